The van der Waals surface area contributed by atoms with Crippen LogP contribution in [-0.4, -0.2) is 31.9 Å². The number of carbonyl (C=O) groups is 1. The van der Waals surface area contributed by atoms with Crippen LogP contribution in [0, 0.1) is 0 Å². The number of allylic oxidation sites excluding steroid dienone is 1. The van der Waals surface area contributed by atoms with E-state index in [9.17, 15) is 4.79 Å². The van der Waals surface area contributed by atoms with Gasteiger partial charge in [-0.05, 0) is 59.7 Å². The molecule has 0 amide bonds. The fourth-order valence-electron chi connectivity index (χ4n) is 2.52. The van der Waals surface area contributed by atoms with Crippen LogP contribution in [0.1, 0.15) is 25.5 Å². The van der Waals surface area contributed by atoms with Gasteiger partial charge < -0.3 is 24.8 Å². The number of thiocarbonyl (C=S) groups is 1. The molecule has 0 bridgehead atoms. The first kappa shape index (κ1) is 18.5. The van der Waals surface area contributed by atoms with Crippen molar-refractivity contribution in [1.82, 2.24) is 10.6 Å². The Hall–Kier alpha value is -1.80. The highest BCUT2D eigenvalue weighted by atomic mass is 79.9. The van der Waals surface area contributed by atoms with Gasteiger partial charge in [0.1, 0.15) is 0 Å². The Balaban J connectivity index is 2.56. The van der Waals surface area contributed by atoms with Crippen LogP contribution in [-0.2, 0) is 9.53 Å². The summed E-state index contributed by atoms with van der Waals surface area (Å²) in [6.45, 7) is 4.19. The number of halogens is 1. The smallest absolute Gasteiger partial charge is 0.337 e. The van der Waals surface area contributed by atoms with Crippen molar-refractivity contribution in [3.05, 3.63) is 33.4 Å². The molecule has 24 heavy (non-hydrogen) atoms. The highest BCUT2D eigenvalue weighted by molar-refractivity contribution is 9.10. The average Bonchev–Trinajstić information content (AvgIpc) is 2.55. The van der Waals surface area contributed by atoms with E-state index >= 15 is 0 Å². The highest BCUT2D eigenvalue weighted by Gasteiger charge is 2.31. The molecule has 0 spiro atoms. The molecule has 1 aliphatic heterocycles. The molecule has 2 rings (SSSR count). The van der Waals surface area contributed by atoms with Crippen LogP contribution in [0.3, 0.4) is 0 Å². The van der Waals surface area contributed by atoms with Crippen molar-refractivity contribution in [2.24, 2.45) is 0 Å². The predicted molar refractivity (Wildman–Crippen MR) is 98.2 cm³/mol. The molecule has 1 aromatic carbocycles. The molecule has 0 saturated carbocycles. The summed E-state index contributed by atoms with van der Waals surface area (Å²) >= 11 is 8.72. The fraction of sp³-hybridized carbons (Fsp3) is 0.375. The molecular formula is C16H19BrN2O4S. The SMILES string of the molecule is CCOc1c(Br)cc([C@@H]2NC(=S)NC(C)=C2C(=O)OC)cc1OC. The maximum Gasteiger partial charge on any atom is 0.337 e. The van der Waals surface area contributed by atoms with E-state index in [-0.39, 0.29) is 0 Å². The number of benzene rings is 1. The molecule has 1 aromatic rings. The topological polar surface area (TPSA) is 68.8 Å². The number of carbonyl (C=O) groups excluding carboxylic acids is 1. The third-order valence-corrected chi connectivity index (χ3v) is 4.36. The Kier molecular flexibility index (Phi) is 6.06. The van der Waals surface area contributed by atoms with E-state index in [0.29, 0.717) is 34.5 Å². The van der Waals surface area contributed by atoms with E-state index in [0.717, 1.165) is 10.0 Å². The number of hydrogen-bond donors (Lipinski definition) is 2. The van der Waals surface area contributed by atoms with Gasteiger partial charge in [0, 0.05) is 5.70 Å². The Morgan fingerprint density at radius 3 is 2.67 bits per heavy atom. The lowest BCUT2D eigenvalue weighted by molar-refractivity contribution is -0.136. The second kappa shape index (κ2) is 7.85. The summed E-state index contributed by atoms with van der Waals surface area (Å²) < 4.78 is 16.7. The van der Waals surface area contributed by atoms with E-state index in [4.69, 9.17) is 26.4 Å². The summed E-state index contributed by atoms with van der Waals surface area (Å²) in [4.78, 5) is 12.2. The van der Waals surface area contributed by atoms with Gasteiger partial charge in [-0.25, -0.2) is 4.79 Å². The first-order valence-corrected chi connectivity index (χ1v) is 8.49. The van der Waals surface area contributed by atoms with Crippen molar-refractivity contribution in [2.75, 3.05) is 20.8 Å². The largest absolute Gasteiger partial charge is 0.493 e. The minimum absolute atomic E-state index is 0.427. The van der Waals surface area contributed by atoms with Crippen molar-refractivity contribution in [3.8, 4) is 11.5 Å². The molecular weight excluding hydrogens is 396 g/mol. The van der Waals surface area contributed by atoms with Crippen molar-refractivity contribution in [1.29, 1.82) is 0 Å². The van der Waals surface area contributed by atoms with Gasteiger partial charge in [-0.1, -0.05) is 0 Å². The lowest BCUT2D eigenvalue weighted by atomic mass is 9.95. The molecule has 0 radical (unpaired) electrons. The molecule has 0 unspecified atom stereocenters. The van der Waals surface area contributed by atoms with E-state index < -0.39 is 12.0 Å². The zero-order valence-electron chi connectivity index (χ0n) is 13.9. The number of esters is 1. The summed E-state index contributed by atoms with van der Waals surface area (Å²) in [6.07, 6.45) is 0. The summed E-state index contributed by atoms with van der Waals surface area (Å²) in [5.41, 5.74) is 1.91. The Morgan fingerprint density at radius 1 is 1.38 bits per heavy atom. The van der Waals surface area contributed by atoms with Crippen LogP contribution in [0.15, 0.2) is 27.9 Å². The van der Waals surface area contributed by atoms with Gasteiger partial charge in [0.15, 0.2) is 16.6 Å². The minimum atomic E-state index is -0.452. The maximum atomic E-state index is 12.2. The van der Waals surface area contributed by atoms with Crippen molar-refractivity contribution in [2.45, 2.75) is 19.9 Å². The third-order valence-electron chi connectivity index (χ3n) is 3.55. The molecule has 1 atom stereocenters. The quantitative estimate of drug-likeness (QED) is 0.566. The normalized spacial score (nSPS) is 17.0. The first-order chi connectivity index (χ1) is 11.4. The number of methoxy groups -OCH3 is 2. The van der Waals surface area contributed by atoms with Crippen molar-refractivity contribution >= 4 is 39.2 Å². The summed E-state index contributed by atoms with van der Waals surface area (Å²) in [5.74, 6) is 0.749. The molecule has 2 N–H and O–H groups in total. The fourth-order valence-corrected chi connectivity index (χ4v) is 3.36. The summed E-state index contributed by atoms with van der Waals surface area (Å²) in [5, 5.41) is 6.49. The molecule has 8 heteroatoms. The van der Waals surface area contributed by atoms with Crippen LogP contribution in [0.4, 0.5) is 0 Å². The van der Waals surface area contributed by atoms with Gasteiger partial charge in [-0.3, -0.25) is 0 Å². The van der Waals surface area contributed by atoms with Crippen LogP contribution in [0.25, 0.3) is 0 Å². The molecule has 0 saturated heterocycles. The molecule has 1 aliphatic rings. The zero-order chi connectivity index (χ0) is 17.9. The Morgan fingerprint density at radius 2 is 2.08 bits per heavy atom. The lowest BCUT2D eigenvalue weighted by Gasteiger charge is -2.30. The maximum absolute atomic E-state index is 12.2. The standard InChI is InChI=1S/C16H19BrN2O4S/c1-5-23-14-10(17)6-9(7-11(14)21-3)13-12(15(20)22-4)8(2)18-16(24)19-13/h6-7,13H,5H2,1-4H3,(H2,18,19,24)/t13-/m0/s1. The number of nitrogens with one attached hydrogen (secondary N) is 2. The monoisotopic (exact) mass is 414 g/mol. The van der Waals surface area contributed by atoms with Crippen molar-refractivity contribution < 1.29 is 19.0 Å². The van der Waals surface area contributed by atoms with Gasteiger partial charge in [0.25, 0.3) is 0 Å². The third kappa shape index (κ3) is 3.64. The van der Waals surface area contributed by atoms with Crippen LogP contribution >= 0.6 is 28.1 Å². The molecule has 1 heterocycles. The minimum Gasteiger partial charge on any atom is -0.493 e. The molecule has 0 aromatic heterocycles. The van der Waals surface area contributed by atoms with Gasteiger partial charge in [0.05, 0.1) is 36.9 Å². The predicted octanol–water partition coefficient (Wildman–Crippen LogP) is 2.82. The van der Waals surface area contributed by atoms with Gasteiger partial charge in [0.2, 0.25) is 0 Å². The van der Waals surface area contributed by atoms with E-state index in [1.807, 2.05) is 19.1 Å². The molecule has 6 nitrogen and oxygen atoms in total. The molecule has 0 aliphatic carbocycles. The second-order valence-electron chi connectivity index (χ2n) is 5.03. The van der Waals surface area contributed by atoms with E-state index in [1.165, 1.54) is 7.11 Å². The molecule has 130 valence electrons. The molecule has 0 fully saturated rings. The van der Waals surface area contributed by atoms with Gasteiger partial charge >= 0.3 is 5.97 Å². The lowest BCUT2D eigenvalue weighted by Crippen LogP contribution is -2.45. The number of ether oxygens (including phenoxy) is 3. The van der Waals surface area contributed by atoms with E-state index in [2.05, 4.69) is 26.6 Å². The van der Waals surface area contributed by atoms with Gasteiger partial charge in [-0.15, -0.1) is 0 Å². The summed E-state index contributed by atoms with van der Waals surface area (Å²) in [7, 11) is 2.91. The van der Waals surface area contributed by atoms with E-state index in [1.54, 1.807) is 14.0 Å². The number of rotatable bonds is 5. The zero-order valence-corrected chi connectivity index (χ0v) is 16.3. The second-order valence-corrected chi connectivity index (χ2v) is 6.29. The van der Waals surface area contributed by atoms with Crippen LogP contribution < -0.4 is 20.1 Å². The number of hydrogen-bond acceptors (Lipinski definition) is 5. The van der Waals surface area contributed by atoms with Crippen molar-refractivity contribution in [3.63, 3.8) is 0 Å². The average molecular weight is 415 g/mol. The Labute approximate surface area is 154 Å². The van der Waals surface area contributed by atoms with Crippen LogP contribution in [0.2, 0.25) is 0 Å². The van der Waals surface area contributed by atoms with Gasteiger partial charge in [-0.2, -0.15) is 0 Å². The Bertz CT molecular complexity index is 706. The first-order valence-electron chi connectivity index (χ1n) is 7.29. The highest BCUT2D eigenvalue weighted by Crippen LogP contribution is 2.40. The van der Waals surface area contributed by atoms with Crippen LogP contribution in [0.5, 0.6) is 11.5 Å². The summed E-state index contributed by atoms with van der Waals surface area (Å²) in [6, 6.07) is 3.24.